The topological polar surface area (TPSA) is 54.4 Å². The SMILES string of the molecule is CC(=O)[C@H]1CC[C@H]2[C@@H]3CC=C4CC(O)CC(=O)[C@]4(C)[C@H]3CC[C@]12C. The van der Waals surface area contributed by atoms with Crippen LogP contribution in [0.5, 0.6) is 0 Å². The lowest BCUT2D eigenvalue weighted by atomic mass is 9.47. The molecular weight excluding hydrogens is 300 g/mol. The Kier molecular flexibility index (Phi) is 3.62. The van der Waals surface area contributed by atoms with Crippen LogP contribution < -0.4 is 0 Å². The van der Waals surface area contributed by atoms with Crippen LogP contribution in [-0.4, -0.2) is 22.8 Å². The Balaban J connectivity index is 1.70. The number of aliphatic hydroxyl groups is 1. The Morgan fingerprint density at radius 2 is 1.92 bits per heavy atom. The molecule has 1 N–H and O–H groups in total. The summed E-state index contributed by atoms with van der Waals surface area (Å²) in [6, 6.07) is 0. The van der Waals surface area contributed by atoms with E-state index in [0.717, 1.165) is 32.1 Å². The first kappa shape index (κ1) is 16.5. The fraction of sp³-hybridized carbons (Fsp3) is 0.810. The molecule has 3 saturated carbocycles. The second-order valence-corrected chi connectivity index (χ2v) is 9.31. The van der Waals surface area contributed by atoms with Gasteiger partial charge in [-0.05, 0) is 75.5 Å². The number of carbonyl (C=O) groups excluding carboxylic acids is 2. The lowest BCUT2D eigenvalue weighted by molar-refractivity contribution is -0.141. The second kappa shape index (κ2) is 5.27. The van der Waals surface area contributed by atoms with Crippen LogP contribution in [-0.2, 0) is 9.59 Å². The lowest BCUT2D eigenvalue weighted by Gasteiger charge is -2.56. The van der Waals surface area contributed by atoms with Gasteiger partial charge < -0.3 is 5.11 Å². The summed E-state index contributed by atoms with van der Waals surface area (Å²) in [5.74, 6) is 2.31. The third-order valence-corrected chi connectivity index (χ3v) is 8.43. The molecule has 0 aromatic carbocycles. The van der Waals surface area contributed by atoms with Gasteiger partial charge in [-0.25, -0.2) is 0 Å². The predicted octanol–water partition coefficient (Wildman–Crippen LogP) is 3.69. The highest BCUT2D eigenvalue weighted by Gasteiger charge is 2.61. The molecule has 0 bridgehead atoms. The van der Waals surface area contributed by atoms with Gasteiger partial charge in [0.05, 0.1) is 11.5 Å². The van der Waals surface area contributed by atoms with Crippen molar-refractivity contribution in [1.82, 2.24) is 0 Å². The Hall–Kier alpha value is -0.960. The Bertz CT molecular complexity index is 621. The van der Waals surface area contributed by atoms with E-state index in [9.17, 15) is 14.7 Å². The minimum Gasteiger partial charge on any atom is -0.392 e. The number of allylic oxidation sites excluding steroid dienone is 1. The first-order valence-corrected chi connectivity index (χ1v) is 9.69. The molecule has 4 aliphatic rings. The number of hydrogen-bond acceptors (Lipinski definition) is 3. The smallest absolute Gasteiger partial charge is 0.145 e. The molecule has 0 heterocycles. The first-order valence-electron chi connectivity index (χ1n) is 9.69. The molecule has 3 heteroatoms. The fourth-order valence-corrected chi connectivity index (χ4v) is 7.16. The number of carbonyl (C=O) groups is 2. The predicted molar refractivity (Wildman–Crippen MR) is 92.3 cm³/mol. The van der Waals surface area contributed by atoms with Gasteiger partial charge in [0.1, 0.15) is 11.6 Å². The number of hydrogen-bond donors (Lipinski definition) is 1. The molecule has 0 radical (unpaired) electrons. The lowest BCUT2D eigenvalue weighted by Crippen LogP contribution is -2.54. The van der Waals surface area contributed by atoms with Crippen LogP contribution in [0.4, 0.5) is 0 Å². The zero-order valence-corrected chi connectivity index (χ0v) is 15.2. The number of rotatable bonds is 1. The zero-order chi connectivity index (χ0) is 17.3. The summed E-state index contributed by atoms with van der Waals surface area (Å²) in [5.41, 5.74) is 0.959. The number of aliphatic hydroxyl groups excluding tert-OH is 1. The van der Waals surface area contributed by atoms with E-state index in [4.69, 9.17) is 0 Å². The summed E-state index contributed by atoms with van der Waals surface area (Å²) in [4.78, 5) is 25.1. The van der Waals surface area contributed by atoms with E-state index in [-0.39, 0.29) is 22.5 Å². The van der Waals surface area contributed by atoms with Gasteiger partial charge in [0.2, 0.25) is 0 Å². The van der Waals surface area contributed by atoms with E-state index in [1.807, 2.05) is 0 Å². The molecule has 0 spiro atoms. The highest BCUT2D eigenvalue weighted by molar-refractivity contribution is 5.90. The molecule has 4 aliphatic carbocycles. The molecule has 7 atom stereocenters. The summed E-state index contributed by atoms with van der Waals surface area (Å²) in [5, 5.41) is 10.0. The van der Waals surface area contributed by atoms with Crippen LogP contribution in [0, 0.1) is 34.5 Å². The van der Waals surface area contributed by atoms with Crippen LogP contribution >= 0.6 is 0 Å². The van der Waals surface area contributed by atoms with Crippen molar-refractivity contribution in [2.45, 2.75) is 71.8 Å². The highest BCUT2D eigenvalue weighted by Crippen LogP contribution is 2.65. The third kappa shape index (κ3) is 2.00. The molecular formula is C21H30O3. The maximum absolute atomic E-state index is 12.9. The Morgan fingerprint density at radius 3 is 2.62 bits per heavy atom. The van der Waals surface area contributed by atoms with Crippen LogP contribution in [0.1, 0.15) is 65.7 Å². The van der Waals surface area contributed by atoms with Crippen LogP contribution in [0.3, 0.4) is 0 Å². The van der Waals surface area contributed by atoms with Crippen molar-refractivity contribution in [1.29, 1.82) is 0 Å². The normalized spacial score (nSPS) is 50.6. The van der Waals surface area contributed by atoms with Gasteiger partial charge in [-0.15, -0.1) is 0 Å². The van der Waals surface area contributed by atoms with E-state index < -0.39 is 6.10 Å². The summed E-state index contributed by atoms with van der Waals surface area (Å²) >= 11 is 0. The van der Waals surface area contributed by atoms with Gasteiger partial charge in [-0.2, -0.15) is 0 Å². The summed E-state index contributed by atoms with van der Waals surface area (Å²) < 4.78 is 0. The van der Waals surface area contributed by atoms with Crippen molar-refractivity contribution >= 4 is 11.6 Å². The largest absolute Gasteiger partial charge is 0.392 e. The first-order chi connectivity index (χ1) is 11.3. The minimum absolute atomic E-state index is 0.131. The van der Waals surface area contributed by atoms with Crippen molar-refractivity contribution in [3.63, 3.8) is 0 Å². The summed E-state index contributed by atoms with van der Waals surface area (Å²) in [7, 11) is 0. The molecule has 1 unspecified atom stereocenters. The van der Waals surface area contributed by atoms with Crippen molar-refractivity contribution in [2.24, 2.45) is 34.5 Å². The van der Waals surface area contributed by atoms with Crippen molar-refractivity contribution < 1.29 is 14.7 Å². The van der Waals surface area contributed by atoms with Crippen LogP contribution in [0.25, 0.3) is 0 Å². The van der Waals surface area contributed by atoms with Gasteiger partial charge in [0.25, 0.3) is 0 Å². The summed E-state index contributed by atoms with van der Waals surface area (Å²) in [6.45, 7) is 6.24. The van der Waals surface area contributed by atoms with Crippen molar-refractivity contribution in [3.05, 3.63) is 11.6 Å². The minimum atomic E-state index is -0.490. The Morgan fingerprint density at radius 1 is 1.17 bits per heavy atom. The zero-order valence-electron chi connectivity index (χ0n) is 15.2. The molecule has 132 valence electrons. The maximum Gasteiger partial charge on any atom is 0.145 e. The van der Waals surface area contributed by atoms with E-state index in [0.29, 0.717) is 36.4 Å². The van der Waals surface area contributed by atoms with E-state index in [1.54, 1.807) is 6.92 Å². The molecule has 0 aromatic heterocycles. The molecule has 24 heavy (non-hydrogen) atoms. The molecule has 0 aromatic rings. The molecule has 3 fully saturated rings. The van der Waals surface area contributed by atoms with Gasteiger partial charge in [-0.3, -0.25) is 9.59 Å². The molecule has 4 rings (SSSR count). The summed E-state index contributed by atoms with van der Waals surface area (Å²) in [6.07, 6.45) is 8.08. The fourth-order valence-electron chi connectivity index (χ4n) is 7.16. The van der Waals surface area contributed by atoms with Gasteiger partial charge in [0.15, 0.2) is 0 Å². The molecule has 0 saturated heterocycles. The van der Waals surface area contributed by atoms with Crippen molar-refractivity contribution in [2.75, 3.05) is 0 Å². The van der Waals surface area contributed by atoms with E-state index >= 15 is 0 Å². The monoisotopic (exact) mass is 330 g/mol. The number of Topliss-reactive ketones (excluding diaryl/α,β-unsaturated/α-hetero) is 2. The third-order valence-electron chi connectivity index (χ3n) is 8.43. The number of ketones is 2. The average molecular weight is 330 g/mol. The van der Waals surface area contributed by atoms with Gasteiger partial charge in [0, 0.05) is 12.3 Å². The second-order valence-electron chi connectivity index (χ2n) is 9.31. The average Bonchev–Trinajstić information content (AvgIpc) is 2.86. The maximum atomic E-state index is 12.9. The van der Waals surface area contributed by atoms with E-state index in [2.05, 4.69) is 19.9 Å². The highest BCUT2D eigenvalue weighted by atomic mass is 16.3. The van der Waals surface area contributed by atoms with Gasteiger partial charge in [-0.1, -0.05) is 18.6 Å². The van der Waals surface area contributed by atoms with Crippen LogP contribution in [0.2, 0.25) is 0 Å². The molecule has 3 nitrogen and oxygen atoms in total. The van der Waals surface area contributed by atoms with Crippen LogP contribution in [0.15, 0.2) is 11.6 Å². The molecule has 0 amide bonds. The molecule has 0 aliphatic heterocycles. The number of fused-ring (bicyclic) bond motifs is 5. The Labute approximate surface area is 144 Å². The quantitative estimate of drug-likeness (QED) is 0.746. The van der Waals surface area contributed by atoms with Gasteiger partial charge >= 0.3 is 0 Å². The van der Waals surface area contributed by atoms with E-state index in [1.165, 1.54) is 5.57 Å². The standard InChI is InChI=1S/C21H30O3/c1-12(22)16-6-7-17-15-5-4-13-10-14(23)11-19(24)21(13,3)18(15)8-9-20(16,17)2/h4,14-18,23H,5-11H2,1-3H3/t14?,15-,16+,17-,18-,20+,21-/m0/s1. The van der Waals surface area contributed by atoms with Crippen molar-refractivity contribution in [3.8, 4) is 0 Å².